The van der Waals surface area contributed by atoms with Crippen LogP contribution in [0.15, 0.2) is 32.6 Å². The van der Waals surface area contributed by atoms with Gasteiger partial charge in [0.15, 0.2) is 5.75 Å². The zero-order valence-corrected chi connectivity index (χ0v) is 18.8. The number of nitrogens with one attached hydrogen (secondary N) is 2. The Morgan fingerprint density at radius 2 is 1.75 bits per heavy atom. The monoisotopic (exact) mass is 477 g/mol. The second-order valence-electron chi connectivity index (χ2n) is 7.87. The molecule has 1 saturated carbocycles. The number of nitrogens with zero attached hydrogens (tertiary/aromatic N) is 3. The van der Waals surface area contributed by atoms with Crippen molar-refractivity contribution in [3.63, 3.8) is 0 Å². The molecule has 1 fully saturated rings. The molecule has 4 rings (SSSR count). The van der Waals surface area contributed by atoms with E-state index in [9.17, 15) is 14.4 Å². The number of halogens is 2. The molecule has 1 aliphatic rings. The topological polar surface area (TPSA) is 123 Å². The van der Waals surface area contributed by atoms with Gasteiger partial charge in [-0.3, -0.25) is 14.6 Å². The number of H-pyrrole nitrogens is 2. The highest BCUT2D eigenvalue weighted by molar-refractivity contribution is 6.37. The Morgan fingerprint density at radius 3 is 2.44 bits per heavy atom. The molecule has 0 amide bonds. The number of hydrogen-bond donors (Lipinski definition) is 2. The first kappa shape index (κ1) is 22.3. The molecule has 32 heavy (non-hydrogen) atoms. The molecular formula is C21H21Cl2N5O4. The van der Waals surface area contributed by atoms with Gasteiger partial charge in [-0.25, -0.2) is 9.89 Å². The maximum absolute atomic E-state index is 12.2. The average molecular weight is 478 g/mol. The van der Waals surface area contributed by atoms with E-state index >= 15 is 0 Å². The molecule has 2 heterocycles. The Bertz CT molecular complexity index is 1300. The molecule has 0 bridgehead atoms. The SMILES string of the molecule is Cc1nn(-c2cc(Cl)c(Oc3cc(CC4CCCCC4)c(=O)[nH]n3)c(Cl)c2)c(=O)[nH]c1=O. The molecule has 0 saturated heterocycles. The molecule has 2 N–H and O–H groups in total. The lowest BCUT2D eigenvalue weighted by atomic mass is 9.85. The summed E-state index contributed by atoms with van der Waals surface area (Å²) in [6, 6.07) is 4.47. The zero-order chi connectivity index (χ0) is 22.8. The molecule has 1 aromatic carbocycles. The fourth-order valence-corrected chi connectivity index (χ4v) is 4.41. The second-order valence-corrected chi connectivity index (χ2v) is 8.68. The number of ether oxygens (including phenoxy) is 1. The Balaban J connectivity index is 1.62. The van der Waals surface area contributed by atoms with Crippen molar-refractivity contribution in [2.45, 2.75) is 45.4 Å². The van der Waals surface area contributed by atoms with E-state index in [4.69, 9.17) is 27.9 Å². The molecule has 2 aromatic heterocycles. The lowest BCUT2D eigenvalue weighted by Gasteiger charge is -2.21. The van der Waals surface area contributed by atoms with E-state index in [1.165, 1.54) is 38.3 Å². The van der Waals surface area contributed by atoms with Gasteiger partial charge in [0.2, 0.25) is 5.88 Å². The highest BCUT2D eigenvalue weighted by Crippen LogP contribution is 2.37. The fraction of sp³-hybridized carbons (Fsp3) is 0.381. The lowest BCUT2D eigenvalue weighted by molar-refractivity contribution is 0.354. The lowest BCUT2D eigenvalue weighted by Crippen LogP contribution is -2.32. The highest BCUT2D eigenvalue weighted by atomic mass is 35.5. The Morgan fingerprint density at radius 1 is 1.06 bits per heavy atom. The van der Waals surface area contributed by atoms with Crippen molar-refractivity contribution < 1.29 is 4.74 Å². The first-order chi connectivity index (χ1) is 15.3. The summed E-state index contributed by atoms with van der Waals surface area (Å²) in [4.78, 5) is 38.1. The van der Waals surface area contributed by atoms with Gasteiger partial charge in [0, 0.05) is 11.6 Å². The molecular weight excluding hydrogens is 457 g/mol. The Kier molecular flexibility index (Phi) is 6.48. The molecule has 0 spiro atoms. The van der Waals surface area contributed by atoms with Crippen LogP contribution in [0.3, 0.4) is 0 Å². The normalized spacial score (nSPS) is 14.5. The van der Waals surface area contributed by atoms with Crippen LogP contribution in [-0.4, -0.2) is 25.0 Å². The Hall–Kier alpha value is -2.91. The van der Waals surface area contributed by atoms with Gasteiger partial charge in [-0.15, -0.1) is 5.10 Å². The van der Waals surface area contributed by atoms with Crippen LogP contribution in [0.5, 0.6) is 11.6 Å². The molecule has 0 radical (unpaired) electrons. The summed E-state index contributed by atoms with van der Waals surface area (Å²) in [5.74, 6) is 0.745. The van der Waals surface area contributed by atoms with Crippen LogP contribution in [-0.2, 0) is 6.42 Å². The number of aromatic nitrogens is 5. The number of aryl methyl sites for hydroxylation is 1. The standard InChI is InChI=1S/C21H21Cl2N5O4/c1-11-19(29)24-21(31)28(27-11)14-9-15(22)18(16(23)10-14)32-17-8-13(20(30)26-25-17)7-12-5-3-2-4-6-12/h8-10,12H,2-7H2,1H3,(H,26,30)(H,24,29,31). The van der Waals surface area contributed by atoms with Crippen molar-refractivity contribution in [2.24, 2.45) is 5.92 Å². The molecule has 0 atom stereocenters. The highest BCUT2D eigenvalue weighted by Gasteiger charge is 2.18. The van der Waals surface area contributed by atoms with Gasteiger partial charge in [-0.2, -0.15) is 9.78 Å². The third-order valence-corrected chi connectivity index (χ3v) is 6.08. The van der Waals surface area contributed by atoms with E-state index in [0.717, 1.165) is 17.5 Å². The van der Waals surface area contributed by atoms with Crippen LogP contribution in [0.2, 0.25) is 10.0 Å². The third-order valence-electron chi connectivity index (χ3n) is 5.52. The van der Waals surface area contributed by atoms with Gasteiger partial charge in [-0.05, 0) is 31.4 Å². The second kappa shape index (κ2) is 9.30. The summed E-state index contributed by atoms with van der Waals surface area (Å²) < 4.78 is 6.76. The molecule has 9 nitrogen and oxygen atoms in total. The largest absolute Gasteiger partial charge is 0.434 e. The van der Waals surface area contributed by atoms with Gasteiger partial charge < -0.3 is 4.74 Å². The van der Waals surface area contributed by atoms with Crippen LogP contribution in [0, 0.1) is 12.8 Å². The first-order valence-corrected chi connectivity index (χ1v) is 11.0. The van der Waals surface area contributed by atoms with Crippen molar-refractivity contribution in [1.82, 2.24) is 25.0 Å². The number of rotatable bonds is 5. The van der Waals surface area contributed by atoms with Crippen molar-refractivity contribution in [1.29, 1.82) is 0 Å². The zero-order valence-electron chi connectivity index (χ0n) is 17.3. The summed E-state index contributed by atoms with van der Waals surface area (Å²) in [5.41, 5.74) is -0.573. The average Bonchev–Trinajstić information content (AvgIpc) is 2.76. The van der Waals surface area contributed by atoms with Crippen LogP contribution in [0.1, 0.15) is 43.4 Å². The van der Waals surface area contributed by atoms with Gasteiger partial charge in [-0.1, -0.05) is 55.3 Å². The van der Waals surface area contributed by atoms with Crippen molar-refractivity contribution in [3.05, 3.63) is 70.7 Å². The minimum Gasteiger partial charge on any atom is -0.434 e. The maximum atomic E-state index is 12.2. The van der Waals surface area contributed by atoms with Gasteiger partial charge in [0.05, 0.1) is 15.7 Å². The minimum absolute atomic E-state index is 0.104. The van der Waals surface area contributed by atoms with E-state index in [1.54, 1.807) is 6.07 Å². The summed E-state index contributed by atoms with van der Waals surface area (Å²) in [7, 11) is 0. The van der Waals surface area contributed by atoms with Crippen LogP contribution >= 0.6 is 23.2 Å². The van der Waals surface area contributed by atoms with E-state index in [1.807, 2.05) is 0 Å². The van der Waals surface area contributed by atoms with Gasteiger partial charge >= 0.3 is 5.69 Å². The van der Waals surface area contributed by atoms with Gasteiger partial charge in [0.1, 0.15) is 5.69 Å². The van der Waals surface area contributed by atoms with Crippen LogP contribution < -0.4 is 21.5 Å². The number of aromatic amines is 2. The molecule has 168 valence electrons. The van der Waals surface area contributed by atoms with E-state index < -0.39 is 11.2 Å². The molecule has 0 unspecified atom stereocenters. The first-order valence-electron chi connectivity index (χ1n) is 10.3. The third kappa shape index (κ3) is 4.78. The van der Waals surface area contributed by atoms with Crippen molar-refractivity contribution >= 4 is 23.2 Å². The molecule has 11 heteroatoms. The predicted molar refractivity (Wildman–Crippen MR) is 120 cm³/mol. The minimum atomic E-state index is -0.726. The summed E-state index contributed by atoms with van der Waals surface area (Å²) in [5, 5.41) is 10.6. The maximum Gasteiger partial charge on any atom is 0.349 e. The van der Waals surface area contributed by atoms with E-state index in [2.05, 4.69) is 20.3 Å². The van der Waals surface area contributed by atoms with E-state index in [0.29, 0.717) is 17.9 Å². The smallest absolute Gasteiger partial charge is 0.349 e. The van der Waals surface area contributed by atoms with Crippen molar-refractivity contribution in [2.75, 3.05) is 0 Å². The van der Waals surface area contributed by atoms with Crippen LogP contribution in [0.4, 0.5) is 0 Å². The summed E-state index contributed by atoms with van der Waals surface area (Å²) in [6.07, 6.45) is 6.48. The van der Waals surface area contributed by atoms with Crippen molar-refractivity contribution in [3.8, 4) is 17.3 Å². The fourth-order valence-electron chi connectivity index (χ4n) is 3.86. The van der Waals surface area contributed by atoms with E-state index in [-0.39, 0.29) is 38.6 Å². The Labute approximate surface area is 192 Å². The molecule has 1 aliphatic carbocycles. The van der Waals surface area contributed by atoms with Gasteiger partial charge in [0.25, 0.3) is 11.1 Å². The van der Waals surface area contributed by atoms with Crippen LogP contribution in [0.25, 0.3) is 5.69 Å². The predicted octanol–water partition coefficient (Wildman–Crippen LogP) is 3.53. The quantitative estimate of drug-likeness (QED) is 0.579. The number of benzene rings is 1. The molecule has 3 aromatic rings. The summed E-state index contributed by atoms with van der Waals surface area (Å²) in [6.45, 7) is 1.47. The molecule has 0 aliphatic heterocycles. The summed E-state index contributed by atoms with van der Waals surface area (Å²) >= 11 is 12.7. The number of hydrogen-bond acceptors (Lipinski definition) is 6.